The Morgan fingerprint density at radius 2 is 2.67 bits per heavy atom. The number of aryl methyl sites for hydroxylation is 1. The molecule has 0 aromatic carbocycles. The number of hydrogen-bond acceptors (Lipinski definition) is 1. The van der Waals surface area contributed by atoms with Crippen LogP contribution in [0.2, 0.25) is 0 Å². The van der Waals surface area contributed by atoms with Gasteiger partial charge >= 0.3 is 0 Å². The minimum atomic E-state index is 0. The molecule has 1 fully saturated rings. The Bertz CT molecular complexity index is 354. The van der Waals surface area contributed by atoms with Gasteiger partial charge in [0.25, 0.3) is 0 Å². The van der Waals surface area contributed by atoms with Gasteiger partial charge in [-0.25, -0.2) is 4.98 Å². The van der Waals surface area contributed by atoms with Gasteiger partial charge in [0.1, 0.15) is 5.82 Å². The maximum atomic E-state index is 4.50. The number of H-pyrrole nitrogens is 1. The zero-order valence-electron chi connectivity index (χ0n) is 7.17. The molecule has 0 aliphatic heterocycles. The van der Waals surface area contributed by atoms with Crippen molar-refractivity contribution in [2.75, 3.05) is 0 Å². The van der Waals surface area contributed by atoms with E-state index >= 15 is 0 Å². The maximum Gasteiger partial charge on any atom is 0.106 e. The van der Waals surface area contributed by atoms with Crippen molar-refractivity contribution in [2.45, 2.75) is 25.7 Å². The van der Waals surface area contributed by atoms with Crippen molar-refractivity contribution in [3.63, 3.8) is 0 Å². The Balaban J connectivity index is 0.000000653. The normalized spacial score (nSPS) is 29.8. The van der Waals surface area contributed by atoms with E-state index < -0.39 is 0 Å². The molecule has 3 rings (SSSR count). The van der Waals surface area contributed by atoms with E-state index in [0.717, 1.165) is 24.1 Å². The van der Waals surface area contributed by atoms with E-state index in [2.05, 4.69) is 29.0 Å². The molecule has 2 atom stereocenters. The molecule has 2 unspecified atom stereocenters. The van der Waals surface area contributed by atoms with E-state index in [1.165, 1.54) is 17.8 Å². The second-order valence-corrected chi connectivity index (χ2v) is 3.70. The van der Waals surface area contributed by atoms with Gasteiger partial charge in [-0.05, 0) is 18.4 Å². The fourth-order valence-corrected chi connectivity index (χ4v) is 2.00. The maximum absolute atomic E-state index is 4.50. The van der Waals surface area contributed by atoms with Crippen LogP contribution in [0.1, 0.15) is 37.9 Å². The molecule has 1 aromatic rings. The summed E-state index contributed by atoms with van der Waals surface area (Å²) >= 11 is 0. The number of rotatable bonds is 1. The number of aromatic amines is 1. The summed E-state index contributed by atoms with van der Waals surface area (Å²) in [6, 6.07) is 0. The third-order valence-electron chi connectivity index (χ3n) is 2.86. The first-order valence-corrected chi connectivity index (χ1v) is 4.65. The van der Waals surface area contributed by atoms with Gasteiger partial charge in [0.05, 0.1) is 5.69 Å². The molecule has 0 spiro atoms. The largest absolute Gasteiger partial charge is 0.345 e. The summed E-state index contributed by atoms with van der Waals surface area (Å²) in [7, 11) is 0. The Hall–Kier alpha value is -1.05. The summed E-state index contributed by atoms with van der Waals surface area (Å²) in [6.45, 7) is 2.14. The van der Waals surface area contributed by atoms with Gasteiger partial charge in [-0.3, -0.25) is 0 Å². The van der Waals surface area contributed by atoms with Gasteiger partial charge in [0, 0.05) is 19.5 Å². The molecular weight excluding hydrogens is 148 g/mol. The first-order chi connectivity index (χ1) is 5.88. The van der Waals surface area contributed by atoms with Crippen molar-refractivity contribution in [3.05, 3.63) is 23.3 Å². The van der Waals surface area contributed by atoms with Gasteiger partial charge in [-0.2, -0.15) is 0 Å². The molecule has 12 heavy (non-hydrogen) atoms. The monoisotopic (exact) mass is 162 g/mol. The van der Waals surface area contributed by atoms with Crippen LogP contribution in [0.3, 0.4) is 0 Å². The number of hydrogen-bond donors (Lipinski definition) is 1. The quantitative estimate of drug-likeness (QED) is 0.674. The number of nitrogens with one attached hydrogen (secondary N) is 1. The molecule has 2 aliphatic carbocycles. The van der Waals surface area contributed by atoms with Crippen molar-refractivity contribution < 1.29 is 1.43 Å². The summed E-state index contributed by atoms with van der Waals surface area (Å²) in [5.41, 5.74) is 2.57. The fraction of sp³-hybridized carbons (Fsp3) is 0.500. The standard InChI is InChI=1S/C10H12N2.H2/c1-2-9-11-8-4-3-6-5-7(6)10(8)12-9;/h3-4,6-7H,2,5H2,1H3,(H,11,12);1H. The summed E-state index contributed by atoms with van der Waals surface area (Å²) in [5.74, 6) is 2.73. The lowest BCUT2D eigenvalue weighted by molar-refractivity contribution is 0.929. The number of aromatic nitrogens is 2. The van der Waals surface area contributed by atoms with E-state index in [1.54, 1.807) is 0 Å². The SMILES string of the molecule is CCc1nc2c([nH]1)C1CC1C=C2.[HH]. The van der Waals surface area contributed by atoms with Crippen LogP contribution in [0, 0.1) is 5.92 Å². The Morgan fingerprint density at radius 3 is 3.50 bits per heavy atom. The highest BCUT2D eigenvalue weighted by molar-refractivity contribution is 5.56. The third-order valence-corrected chi connectivity index (χ3v) is 2.86. The average Bonchev–Trinajstić information content (AvgIpc) is 2.77. The Morgan fingerprint density at radius 1 is 1.75 bits per heavy atom. The molecule has 0 amide bonds. The molecule has 64 valence electrons. The zero-order valence-corrected chi connectivity index (χ0v) is 7.17. The first kappa shape index (κ1) is 6.46. The first-order valence-electron chi connectivity index (χ1n) is 4.65. The number of imidazole rings is 1. The van der Waals surface area contributed by atoms with Gasteiger partial charge in [0.15, 0.2) is 0 Å². The smallest absolute Gasteiger partial charge is 0.106 e. The van der Waals surface area contributed by atoms with E-state index in [4.69, 9.17) is 0 Å². The Labute approximate surface area is 73.2 Å². The number of fused-ring (bicyclic) bond motifs is 3. The van der Waals surface area contributed by atoms with Crippen molar-refractivity contribution in [2.24, 2.45) is 5.92 Å². The lowest BCUT2D eigenvalue weighted by Gasteiger charge is -1.99. The second kappa shape index (κ2) is 2.00. The lowest BCUT2D eigenvalue weighted by atomic mass is 10.1. The fourth-order valence-electron chi connectivity index (χ4n) is 2.00. The lowest BCUT2D eigenvalue weighted by Crippen LogP contribution is -1.90. The average molecular weight is 162 g/mol. The van der Waals surface area contributed by atoms with Crippen LogP contribution in [0.15, 0.2) is 6.08 Å². The molecule has 0 bridgehead atoms. The summed E-state index contributed by atoms with van der Waals surface area (Å²) in [5, 5.41) is 0. The van der Waals surface area contributed by atoms with Gasteiger partial charge in [-0.1, -0.05) is 13.0 Å². The van der Waals surface area contributed by atoms with Crippen LogP contribution in [0.4, 0.5) is 0 Å². The van der Waals surface area contributed by atoms with Crippen molar-refractivity contribution in [1.82, 2.24) is 9.97 Å². The molecule has 1 heterocycles. The predicted octanol–water partition coefficient (Wildman–Crippen LogP) is 2.35. The number of allylic oxidation sites excluding steroid dienone is 1. The molecule has 0 saturated heterocycles. The van der Waals surface area contributed by atoms with E-state index in [1.807, 2.05) is 0 Å². The van der Waals surface area contributed by atoms with Crippen LogP contribution < -0.4 is 0 Å². The van der Waals surface area contributed by atoms with Crippen LogP contribution >= 0.6 is 0 Å². The van der Waals surface area contributed by atoms with Gasteiger partial charge in [-0.15, -0.1) is 0 Å². The topological polar surface area (TPSA) is 28.7 Å². The highest BCUT2D eigenvalue weighted by atomic mass is 14.9. The molecule has 1 N–H and O–H groups in total. The molecule has 2 nitrogen and oxygen atoms in total. The van der Waals surface area contributed by atoms with Gasteiger partial charge in [0.2, 0.25) is 0 Å². The molecule has 1 aromatic heterocycles. The highest BCUT2D eigenvalue weighted by Crippen LogP contribution is 2.51. The van der Waals surface area contributed by atoms with E-state index in [0.29, 0.717) is 0 Å². The molecular formula is C10H14N2. The molecule has 2 heteroatoms. The zero-order chi connectivity index (χ0) is 8.13. The Kier molecular flexibility index (Phi) is 1.08. The van der Waals surface area contributed by atoms with Crippen molar-refractivity contribution >= 4 is 6.08 Å². The van der Waals surface area contributed by atoms with Crippen molar-refractivity contribution in [3.8, 4) is 0 Å². The molecule has 1 saturated carbocycles. The number of nitrogens with zero attached hydrogens (tertiary/aromatic N) is 1. The summed E-state index contributed by atoms with van der Waals surface area (Å²) in [4.78, 5) is 7.92. The third kappa shape index (κ3) is 0.724. The van der Waals surface area contributed by atoms with Crippen LogP contribution in [0.5, 0.6) is 0 Å². The van der Waals surface area contributed by atoms with E-state index in [9.17, 15) is 0 Å². The van der Waals surface area contributed by atoms with Gasteiger partial charge < -0.3 is 4.98 Å². The predicted molar refractivity (Wildman–Crippen MR) is 50.0 cm³/mol. The highest BCUT2D eigenvalue weighted by Gasteiger charge is 2.41. The minimum Gasteiger partial charge on any atom is -0.345 e. The summed E-state index contributed by atoms with van der Waals surface area (Å²) < 4.78 is 0. The van der Waals surface area contributed by atoms with Crippen LogP contribution in [0.25, 0.3) is 6.08 Å². The molecule has 2 aliphatic rings. The molecule has 0 radical (unpaired) electrons. The second-order valence-electron chi connectivity index (χ2n) is 3.70. The summed E-state index contributed by atoms with van der Waals surface area (Å²) in [6.07, 6.45) is 6.81. The van der Waals surface area contributed by atoms with E-state index in [-0.39, 0.29) is 1.43 Å². The van der Waals surface area contributed by atoms with Crippen molar-refractivity contribution in [1.29, 1.82) is 0 Å². The van der Waals surface area contributed by atoms with Crippen LogP contribution in [-0.4, -0.2) is 9.97 Å². The minimum absolute atomic E-state index is 0. The van der Waals surface area contributed by atoms with Crippen LogP contribution in [-0.2, 0) is 6.42 Å².